The van der Waals surface area contributed by atoms with Gasteiger partial charge in [0.05, 0.1) is 5.41 Å². The number of carbonyl (C=O) groups is 1. The molecular formula is C27H29F2N3O. The highest BCUT2D eigenvalue weighted by molar-refractivity contribution is 5.89. The van der Waals surface area contributed by atoms with Gasteiger partial charge in [-0.25, -0.2) is 8.78 Å². The molecule has 33 heavy (non-hydrogen) atoms. The lowest BCUT2D eigenvalue weighted by atomic mass is 9.80. The summed E-state index contributed by atoms with van der Waals surface area (Å²) in [6, 6.07) is 18.7. The Morgan fingerprint density at radius 3 is 1.91 bits per heavy atom. The third-order valence-electron chi connectivity index (χ3n) is 6.34. The zero-order valence-electron chi connectivity index (χ0n) is 18.9. The smallest absolute Gasteiger partial charge is 0.230 e. The van der Waals surface area contributed by atoms with Crippen LogP contribution < -0.4 is 16.4 Å². The van der Waals surface area contributed by atoms with Crippen LogP contribution in [0.1, 0.15) is 25.8 Å². The molecule has 1 amide bonds. The Morgan fingerprint density at radius 1 is 0.939 bits per heavy atom. The van der Waals surface area contributed by atoms with Gasteiger partial charge in [-0.15, -0.1) is 0 Å². The number of rotatable bonds is 6. The van der Waals surface area contributed by atoms with E-state index in [9.17, 15) is 13.6 Å². The van der Waals surface area contributed by atoms with E-state index in [-0.39, 0.29) is 29.6 Å². The van der Waals surface area contributed by atoms with E-state index < -0.39 is 5.41 Å². The lowest BCUT2D eigenvalue weighted by molar-refractivity contribution is -0.125. The average molecular weight is 450 g/mol. The lowest BCUT2D eigenvalue weighted by Gasteiger charge is -2.27. The van der Waals surface area contributed by atoms with Gasteiger partial charge in [0, 0.05) is 25.2 Å². The molecular weight excluding hydrogens is 420 g/mol. The minimum absolute atomic E-state index is 0.0916. The van der Waals surface area contributed by atoms with E-state index in [1.165, 1.54) is 24.3 Å². The molecule has 0 unspecified atom stereocenters. The first-order chi connectivity index (χ1) is 15.7. The summed E-state index contributed by atoms with van der Waals surface area (Å²) in [6.45, 7) is 5.03. The molecule has 3 aromatic rings. The van der Waals surface area contributed by atoms with Crippen LogP contribution in [0.4, 0.5) is 8.78 Å². The molecule has 3 aromatic carbocycles. The second kappa shape index (κ2) is 9.41. The highest BCUT2D eigenvalue weighted by atomic mass is 19.1. The molecule has 0 aromatic heterocycles. The molecule has 6 heteroatoms. The van der Waals surface area contributed by atoms with Crippen molar-refractivity contribution < 1.29 is 13.6 Å². The first-order valence-corrected chi connectivity index (χ1v) is 11.2. The Balaban J connectivity index is 1.68. The van der Waals surface area contributed by atoms with Crippen LogP contribution in [0.2, 0.25) is 0 Å². The van der Waals surface area contributed by atoms with Crippen molar-refractivity contribution in [1.82, 2.24) is 10.6 Å². The van der Waals surface area contributed by atoms with Crippen molar-refractivity contribution in [3.8, 4) is 22.3 Å². The predicted octanol–water partition coefficient (Wildman–Crippen LogP) is 4.38. The quantitative estimate of drug-likeness (QED) is 0.523. The van der Waals surface area contributed by atoms with Crippen molar-refractivity contribution >= 4 is 5.91 Å². The van der Waals surface area contributed by atoms with E-state index in [1.807, 2.05) is 32.0 Å². The summed E-state index contributed by atoms with van der Waals surface area (Å²) < 4.78 is 27.0. The standard InChI is InChI=1S/C27H29F2N3O/c1-27(2,26(33)32-16-25-14-24(30)15-31-25)21-12-19(17-3-7-22(28)8-4-17)11-20(13-21)18-5-9-23(29)10-6-18/h3-13,24-25,31H,14-16,30H2,1-2H3,(H,32,33)/t24-,25-/m0/s1. The van der Waals surface area contributed by atoms with Gasteiger partial charge in [0.15, 0.2) is 0 Å². The molecule has 1 saturated heterocycles. The molecule has 0 radical (unpaired) electrons. The van der Waals surface area contributed by atoms with Crippen LogP contribution in [-0.4, -0.2) is 31.1 Å². The maximum absolute atomic E-state index is 13.5. The molecule has 0 bridgehead atoms. The van der Waals surface area contributed by atoms with E-state index in [1.54, 1.807) is 24.3 Å². The van der Waals surface area contributed by atoms with Crippen LogP contribution in [0.5, 0.6) is 0 Å². The van der Waals surface area contributed by atoms with Crippen LogP contribution in [0.15, 0.2) is 66.7 Å². The van der Waals surface area contributed by atoms with Crippen LogP contribution >= 0.6 is 0 Å². The second-order valence-corrected chi connectivity index (χ2v) is 9.25. The monoisotopic (exact) mass is 449 g/mol. The molecule has 172 valence electrons. The van der Waals surface area contributed by atoms with E-state index in [4.69, 9.17) is 5.73 Å². The highest BCUT2D eigenvalue weighted by Gasteiger charge is 2.32. The van der Waals surface area contributed by atoms with Gasteiger partial charge in [-0.3, -0.25) is 4.79 Å². The summed E-state index contributed by atoms with van der Waals surface area (Å²) in [5, 5.41) is 6.38. The van der Waals surface area contributed by atoms with E-state index in [0.29, 0.717) is 6.54 Å². The second-order valence-electron chi connectivity index (χ2n) is 9.25. The Morgan fingerprint density at radius 2 is 1.45 bits per heavy atom. The first kappa shape index (κ1) is 23.1. The molecule has 1 fully saturated rings. The van der Waals surface area contributed by atoms with Gasteiger partial charge in [-0.1, -0.05) is 36.4 Å². The van der Waals surface area contributed by atoms with Gasteiger partial charge in [-0.05, 0) is 78.4 Å². The van der Waals surface area contributed by atoms with E-state index in [0.717, 1.165) is 40.8 Å². The SMILES string of the molecule is CC(C)(C(=O)NC[C@@H]1C[C@H](N)CN1)c1cc(-c2ccc(F)cc2)cc(-c2ccc(F)cc2)c1. The molecule has 4 rings (SSSR count). The average Bonchev–Trinajstić information content (AvgIpc) is 3.23. The summed E-state index contributed by atoms with van der Waals surface area (Å²) in [5.41, 5.74) is 9.32. The maximum Gasteiger partial charge on any atom is 0.230 e. The summed E-state index contributed by atoms with van der Waals surface area (Å²) in [5.74, 6) is -0.715. The van der Waals surface area contributed by atoms with Gasteiger partial charge in [0.2, 0.25) is 5.91 Å². The molecule has 4 N–H and O–H groups in total. The number of nitrogens with one attached hydrogen (secondary N) is 2. The Hall–Kier alpha value is -3.09. The fourth-order valence-electron chi connectivity index (χ4n) is 4.18. The molecule has 1 heterocycles. The number of carbonyl (C=O) groups excluding carboxylic acids is 1. The number of benzene rings is 3. The summed E-state index contributed by atoms with van der Waals surface area (Å²) >= 11 is 0. The van der Waals surface area contributed by atoms with Crippen molar-refractivity contribution in [1.29, 1.82) is 0 Å². The Labute approximate surface area is 193 Å². The van der Waals surface area contributed by atoms with Crippen LogP contribution in [0, 0.1) is 11.6 Å². The summed E-state index contributed by atoms with van der Waals surface area (Å²) in [6.07, 6.45) is 0.829. The number of halogens is 2. The van der Waals surface area contributed by atoms with Crippen LogP contribution in [0.3, 0.4) is 0 Å². The van der Waals surface area contributed by atoms with Crippen molar-refractivity contribution in [2.75, 3.05) is 13.1 Å². The fourth-order valence-corrected chi connectivity index (χ4v) is 4.18. The molecule has 2 atom stereocenters. The fraction of sp³-hybridized carbons (Fsp3) is 0.296. The normalized spacial score (nSPS) is 18.3. The van der Waals surface area contributed by atoms with Gasteiger partial charge in [-0.2, -0.15) is 0 Å². The third-order valence-corrected chi connectivity index (χ3v) is 6.34. The summed E-state index contributed by atoms with van der Waals surface area (Å²) in [7, 11) is 0. The highest BCUT2D eigenvalue weighted by Crippen LogP contribution is 2.34. The van der Waals surface area contributed by atoms with Crippen LogP contribution in [0.25, 0.3) is 22.3 Å². The van der Waals surface area contributed by atoms with Gasteiger partial charge >= 0.3 is 0 Å². The molecule has 1 aliphatic rings. The van der Waals surface area contributed by atoms with Crippen molar-refractivity contribution in [3.05, 3.63) is 83.9 Å². The molecule has 4 nitrogen and oxygen atoms in total. The van der Waals surface area contributed by atoms with Gasteiger partial charge in [0.1, 0.15) is 11.6 Å². The van der Waals surface area contributed by atoms with Gasteiger partial charge < -0.3 is 16.4 Å². The van der Waals surface area contributed by atoms with Gasteiger partial charge in [0.25, 0.3) is 0 Å². The molecule has 0 spiro atoms. The summed E-state index contributed by atoms with van der Waals surface area (Å²) in [4.78, 5) is 13.2. The Bertz CT molecular complexity index is 1060. The minimum Gasteiger partial charge on any atom is -0.354 e. The number of amides is 1. The molecule has 1 aliphatic heterocycles. The van der Waals surface area contributed by atoms with E-state index >= 15 is 0 Å². The molecule has 0 saturated carbocycles. The van der Waals surface area contributed by atoms with E-state index in [2.05, 4.69) is 10.6 Å². The molecule has 0 aliphatic carbocycles. The third kappa shape index (κ3) is 5.29. The lowest BCUT2D eigenvalue weighted by Crippen LogP contribution is -2.45. The topological polar surface area (TPSA) is 67.2 Å². The zero-order chi connectivity index (χ0) is 23.6. The first-order valence-electron chi connectivity index (χ1n) is 11.2. The number of hydrogen-bond acceptors (Lipinski definition) is 3. The maximum atomic E-state index is 13.5. The zero-order valence-corrected chi connectivity index (χ0v) is 18.9. The van der Waals surface area contributed by atoms with Crippen molar-refractivity contribution in [3.63, 3.8) is 0 Å². The Kier molecular flexibility index (Phi) is 6.58. The van der Waals surface area contributed by atoms with Crippen molar-refractivity contribution in [2.45, 2.75) is 37.8 Å². The minimum atomic E-state index is -0.828. The van der Waals surface area contributed by atoms with Crippen molar-refractivity contribution in [2.24, 2.45) is 5.73 Å². The van der Waals surface area contributed by atoms with Crippen LogP contribution in [-0.2, 0) is 10.2 Å². The number of nitrogens with two attached hydrogens (primary N) is 1. The predicted molar refractivity (Wildman–Crippen MR) is 128 cm³/mol. The number of hydrogen-bond donors (Lipinski definition) is 3. The largest absolute Gasteiger partial charge is 0.354 e.